The van der Waals surface area contributed by atoms with Crippen LogP contribution in [0.1, 0.15) is 52.9 Å². The SMILES string of the molecule is CCCCCOCC(CC)CC. The van der Waals surface area contributed by atoms with Gasteiger partial charge in [0.1, 0.15) is 0 Å². The average molecular weight is 172 g/mol. The quantitative estimate of drug-likeness (QED) is 0.508. The molecule has 0 fully saturated rings. The second kappa shape index (κ2) is 9.05. The van der Waals surface area contributed by atoms with E-state index in [0.717, 1.165) is 19.1 Å². The van der Waals surface area contributed by atoms with Gasteiger partial charge in [-0.05, 0) is 12.3 Å². The normalized spacial score (nSPS) is 11.0. The van der Waals surface area contributed by atoms with Crippen molar-refractivity contribution in [2.45, 2.75) is 52.9 Å². The summed E-state index contributed by atoms with van der Waals surface area (Å²) < 4.78 is 5.58. The van der Waals surface area contributed by atoms with Gasteiger partial charge in [-0.3, -0.25) is 0 Å². The molecule has 0 atom stereocenters. The second-order valence-electron chi connectivity index (χ2n) is 3.46. The molecule has 0 saturated heterocycles. The maximum atomic E-state index is 5.58. The molecule has 0 heterocycles. The molecule has 0 saturated carbocycles. The lowest BCUT2D eigenvalue weighted by atomic mass is 10.1. The molecule has 0 aromatic heterocycles. The second-order valence-corrected chi connectivity index (χ2v) is 3.46. The van der Waals surface area contributed by atoms with Crippen molar-refractivity contribution >= 4 is 0 Å². The molecule has 0 aromatic carbocycles. The molecule has 12 heavy (non-hydrogen) atoms. The fourth-order valence-corrected chi connectivity index (χ4v) is 1.23. The molecule has 0 aliphatic rings. The first kappa shape index (κ1) is 12.0. The molecule has 0 aromatic rings. The highest BCUT2D eigenvalue weighted by molar-refractivity contribution is 4.51. The molecule has 0 unspecified atom stereocenters. The van der Waals surface area contributed by atoms with Crippen molar-refractivity contribution in [2.75, 3.05) is 13.2 Å². The van der Waals surface area contributed by atoms with Crippen molar-refractivity contribution in [2.24, 2.45) is 5.92 Å². The van der Waals surface area contributed by atoms with Crippen LogP contribution in [0.25, 0.3) is 0 Å². The van der Waals surface area contributed by atoms with Crippen LogP contribution < -0.4 is 0 Å². The number of ether oxygens (including phenoxy) is 1. The summed E-state index contributed by atoms with van der Waals surface area (Å²) in [5, 5.41) is 0. The number of unbranched alkanes of at least 4 members (excludes halogenated alkanes) is 2. The van der Waals surface area contributed by atoms with E-state index in [2.05, 4.69) is 20.8 Å². The third kappa shape index (κ3) is 6.66. The fraction of sp³-hybridized carbons (Fsp3) is 1.00. The van der Waals surface area contributed by atoms with Gasteiger partial charge in [0.2, 0.25) is 0 Å². The number of hydrogen-bond donors (Lipinski definition) is 0. The van der Waals surface area contributed by atoms with E-state index in [-0.39, 0.29) is 0 Å². The minimum absolute atomic E-state index is 0.784. The van der Waals surface area contributed by atoms with Crippen molar-refractivity contribution in [1.82, 2.24) is 0 Å². The van der Waals surface area contributed by atoms with Crippen LogP contribution in [0.2, 0.25) is 0 Å². The molecule has 1 heteroatoms. The Morgan fingerprint density at radius 3 is 2.17 bits per heavy atom. The molecular weight excluding hydrogens is 148 g/mol. The topological polar surface area (TPSA) is 9.23 Å². The molecule has 0 bridgehead atoms. The zero-order valence-electron chi connectivity index (χ0n) is 8.94. The Hall–Kier alpha value is -0.0400. The molecule has 0 radical (unpaired) electrons. The van der Waals surface area contributed by atoms with Gasteiger partial charge in [0.15, 0.2) is 0 Å². The monoisotopic (exact) mass is 172 g/mol. The van der Waals surface area contributed by atoms with Crippen molar-refractivity contribution in [3.8, 4) is 0 Å². The summed E-state index contributed by atoms with van der Waals surface area (Å²) in [6.45, 7) is 8.63. The van der Waals surface area contributed by atoms with E-state index in [0.29, 0.717) is 0 Å². The lowest BCUT2D eigenvalue weighted by Gasteiger charge is -2.12. The van der Waals surface area contributed by atoms with E-state index >= 15 is 0 Å². The van der Waals surface area contributed by atoms with Crippen molar-refractivity contribution in [1.29, 1.82) is 0 Å². The highest BCUT2D eigenvalue weighted by Gasteiger charge is 2.01. The van der Waals surface area contributed by atoms with Crippen LogP contribution in [0.5, 0.6) is 0 Å². The highest BCUT2D eigenvalue weighted by Crippen LogP contribution is 2.07. The first-order valence-corrected chi connectivity index (χ1v) is 5.42. The van der Waals surface area contributed by atoms with E-state index in [1.807, 2.05) is 0 Å². The summed E-state index contributed by atoms with van der Waals surface area (Å²) in [6, 6.07) is 0. The Labute approximate surface area is 77.5 Å². The van der Waals surface area contributed by atoms with Gasteiger partial charge in [0.25, 0.3) is 0 Å². The zero-order chi connectivity index (χ0) is 9.23. The predicted octanol–water partition coefficient (Wildman–Crippen LogP) is 3.63. The van der Waals surface area contributed by atoms with Crippen LogP contribution in [0, 0.1) is 5.92 Å². The number of rotatable bonds is 8. The van der Waals surface area contributed by atoms with E-state index in [1.165, 1.54) is 32.1 Å². The maximum Gasteiger partial charge on any atom is 0.0494 e. The van der Waals surface area contributed by atoms with Crippen LogP contribution in [0.3, 0.4) is 0 Å². The van der Waals surface area contributed by atoms with Crippen molar-refractivity contribution < 1.29 is 4.74 Å². The van der Waals surface area contributed by atoms with Gasteiger partial charge < -0.3 is 4.74 Å². The van der Waals surface area contributed by atoms with Gasteiger partial charge in [-0.25, -0.2) is 0 Å². The predicted molar refractivity (Wildman–Crippen MR) is 54.4 cm³/mol. The Balaban J connectivity index is 3.06. The molecule has 0 amide bonds. The van der Waals surface area contributed by atoms with Gasteiger partial charge >= 0.3 is 0 Å². The largest absolute Gasteiger partial charge is 0.381 e. The van der Waals surface area contributed by atoms with E-state index in [1.54, 1.807) is 0 Å². The maximum absolute atomic E-state index is 5.58. The summed E-state index contributed by atoms with van der Waals surface area (Å²) in [5.41, 5.74) is 0. The summed E-state index contributed by atoms with van der Waals surface area (Å²) >= 11 is 0. The van der Waals surface area contributed by atoms with E-state index < -0.39 is 0 Å². The minimum Gasteiger partial charge on any atom is -0.381 e. The number of hydrogen-bond acceptors (Lipinski definition) is 1. The molecule has 0 aliphatic carbocycles. The third-order valence-electron chi connectivity index (χ3n) is 2.40. The lowest BCUT2D eigenvalue weighted by molar-refractivity contribution is 0.0935. The Morgan fingerprint density at radius 2 is 1.67 bits per heavy atom. The van der Waals surface area contributed by atoms with Crippen LogP contribution in [0.4, 0.5) is 0 Å². The first-order valence-electron chi connectivity index (χ1n) is 5.42. The zero-order valence-corrected chi connectivity index (χ0v) is 8.94. The first-order chi connectivity index (χ1) is 5.85. The molecule has 0 N–H and O–H groups in total. The molecule has 0 spiro atoms. The van der Waals surface area contributed by atoms with Gasteiger partial charge in [-0.1, -0.05) is 46.5 Å². The molecule has 74 valence electrons. The van der Waals surface area contributed by atoms with E-state index in [9.17, 15) is 0 Å². The van der Waals surface area contributed by atoms with Gasteiger partial charge in [0.05, 0.1) is 0 Å². The van der Waals surface area contributed by atoms with Crippen LogP contribution in [-0.4, -0.2) is 13.2 Å². The molecule has 0 aliphatic heterocycles. The molecule has 1 nitrogen and oxygen atoms in total. The summed E-state index contributed by atoms with van der Waals surface area (Å²) in [4.78, 5) is 0. The van der Waals surface area contributed by atoms with Gasteiger partial charge in [-0.2, -0.15) is 0 Å². The Morgan fingerprint density at radius 1 is 1.00 bits per heavy atom. The Kier molecular flexibility index (Phi) is 9.02. The van der Waals surface area contributed by atoms with Gasteiger partial charge in [0, 0.05) is 13.2 Å². The minimum atomic E-state index is 0.784. The van der Waals surface area contributed by atoms with Crippen molar-refractivity contribution in [3.05, 3.63) is 0 Å². The summed E-state index contributed by atoms with van der Waals surface area (Å²) in [5.74, 6) is 0.784. The molecule has 0 rings (SSSR count). The Bertz CT molecular complexity index is 77.1. The summed E-state index contributed by atoms with van der Waals surface area (Å²) in [7, 11) is 0. The van der Waals surface area contributed by atoms with Crippen LogP contribution >= 0.6 is 0 Å². The summed E-state index contributed by atoms with van der Waals surface area (Å²) in [6.07, 6.45) is 6.34. The highest BCUT2D eigenvalue weighted by atomic mass is 16.5. The third-order valence-corrected chi connectivity index (χ3v) is 2.40. The fourth-order valence-electron chi connectivity index (χ4n) is 1.23. The van der Waals surface area contributed by atoms with Crippen LogP contribution in [-0.2, 0) is 4.74 Å². The molecular formula is C11H24O. The standard InChI is InChI=1S/C11H24O/c1-4-7-8-9-12-10-11(5-2)6-3/h11H,4-10H2,1-3H3. The van der Waals surface area contributed by atoms with Crippen molar-refractivity contribution in [3.63, 3.8) is 0 Å². The van der Waals surface area contributed by atoms with Gasteiger partial charge in [-0.15, -0.1) is 0 Å². The van der Waals surface area contributed by atoms with Crippen LogP contribution in [0.15, 0.2) is 0 Å². The average Bonchev–Trinajstić information content (AvgIpc) is 2.11. The van der Waals surface area contributed by atoms with E-state index in [4.69, 9.17) is 4.74 Å². The smallest absolute Gasteiger partial charge is 0.0494 e. The lowest BCUT2D eigenvalue weighted by Crippen LogP contribution is -2.08.